The summed E-state index contributed by atoms with van der Waals surface area (Å²) in [5.74, 6) is -0.374. The zero-order valence-corrected chi connectivity index (χ0v) is 23.1. The van der Waals surface area contributed by atoms with E-state index in [-0.39, 0.29) is 23.2 Å². The van der Waals surface area contributed by atoms with Gasteiger partial charge >= 0.3 is 0 Å². The third kappa shape index (κ3) is 5.98. The topological polar surface area (TPSA) is 95.5 Å². The van der Waals surface area contributed by atoms with Gasteiger partial charge in [-0.1, -0.05) is 11.6 Å². The lowest BCUT2D eigenvalue weighted by Gasteiger charge is -2.29. The van der Waals surface area contributed by atoms with E-state index in [1.54, 1.807) is 49.8 Å². The molecule has 2 aromatic carbocycles. The van der Waals surface area contributed by atoms with Crippen molar-refractivity contribution in [3.63, 3.8) is 0 Å². The van der Waals surface area contributed by atoms with Crippen LogP contribution in [0.3, 0.4) is 0 Å². The van der Waals surface area contributed by atoms with Crippen molar-refractivity contribution in [2.24, 2.45) is 0 Å². The molecule has 1 aliphatic heterocycles. The van der Waals surface area contributed by atoms with Crippen LogP contribution < -0.4 is 20.3 Å². The number of anilines is 3. The highest BCUT2D eigenvalue weighted by Gasteiger charge is 2.26. The Morgan fingerprint density at radius 2 is 2.00 bits per heavy atom. The Hall–Kier alpha value is -4.28. The van der Waals surface area contributed by atoms with Gasteiger partial charge in [0.25, 0.3) is 5.91 Å². The van der Waals surface area contributed by atoms with Crippen LogP contribution in [-0.4, -0.2) is 66.0 Å². The minimum absolute atomic E-state index is 0.177. The Bertz CT molecular complexity index is 1540. The molecular weight excluding hydrogens is 533 g/mol. The van der Waals surface area contributed by atoms with Gasteiger partial charge < -0.3 is 25.2 Å². The van der Waals surface area contributed by atoms with Crippen molar-refractivity contribution in [3.05, 3.63) is 83.4 Å². The van der Waals surface area contributed by atoms with E-state index in [0.29, 0.717) is 27.9 Å². The molecule has 5 rings (SSSR count). The number of hydrogen-bond acceptors (Lipinski definition) is 8. The molecule has 0 aliphatic carbocycles. The van der Waals surface area contributed by atoms with Crippen LogP contribution >= 0.6 is 11.6 Å². The van der Waals surface area contributed by atoms with Crippen molar-refractivity contribution in [1.29, 1.82) is 0 Å². The highest BCUT2D eigenvalue weighted by Crippen LogP contribution is 2.34. The maximum absolute atomic E-state index is 14.9. The number of halogens is 2. The van der Waals surface area contributed by atoms with Crippen LogP contribution in [0.4, 0.5) is 21.7 Å². The van der Waals surface area contributed by atoms with Crippen LogP contribution in [0.15, 0.2) is 67.0 Å². The van der Waals surface area contributed by atoms with E-state index in [4.69, 9.17) is 16.3 Å². The second kappa shape index (κ2) is 11.8. The number of benzene rings is 2. The fraction of sp³-hybridized carbons (Fsp3) is 0.241. The van der Waals surface area contributed by atoms with Crippen LogP contribution in [0, 0.1) is 5.82 Å². The third-order valence-electron chi connectivity index (χ3n) is 6.82. The fourth-order valence-electron chi connectivity index (χ4n) is 4.68. The van der Waals surface area contributed by atoms with E-state index in [1.807, 2.05) is 13.1 Å². The van der Waals surface area contributed by atoms with Gasteiger partial charge in [0.15, 0.2) is 0 Å². The molecule has 1 aliphatic rings. The molecule has 2 aromatic heterocycles. The zero-order chi connectivity index (χ0) is 28.2. The Morgan fingerprint density at radius 1 is 1.15 bits per heavy atom. The summed E-state index contributed by atoms with van der Waals surface area (Å²) in [6.07, 6.45) is 4.20. The molecular formula is C29H29ClFN7O2. The van der Waals surface area contributed by atoms with Crippen LogP contribution in [-0.2, 0) is 0 Å². The lowest BCUT2D eigenvalue weighted by atomic mass is 10.1. The summed E-state index contributed by atoms with van der Waals surface area (Å²) in [6, 6.07) is 14.9. The van der Waals surface area contributed by atoms with E-state index in [1.165, 1.54) is 18.2 Å². The van der Waals surface area contributed by atoms with Gasteiger partial charge in [0, 0.05) is 44.1 Å². The molecule has 2 N–H and O–H groups in total. The van der Waals surface area contributed by atoms with Crippen molar-refractivity contribution < 1.29 is 13.9 Å². The molecule has 206 valence electrons. The smallest absolute Gasteiger partial charge is 0.258 e. The number of aromatic nitrogens is 3. The average Bonchev–Trinajstić information content (AvgIpc) is 3.40. The molecule has 0 spiro atoms. The molecule has 1 unspecified atom stereocenters. The number of likely N-dealkylation sites (tertiary alicyclic amines) is 1. The summed E-state index contributed by atoms with van der Waals surface area (Å²) in [6.45, 7) is 1.90. The van der Waals surface area contributed by atoms with E-state index in [9.17, 15) is 9.18 Å². The number of ether oxygens (including phenoxy) is 1. The largest absolute Gasteiger partial charge is 0.438 e. The molecule has 1 fully saturated rings. The van der Waals surface area contributed by atoms with Gasteiger partial charge in [-0.3, -0.25) is 4.79 Å². The lowest BCUT2D eigenvalue weighted by molar-refractivity contribution is 0.102. The Labute approximate surface area is 237 Å². The van der Waals surface area contributed by atoms with Crippen LogP contribution in [0.1, 0.15) is 16.8 Å². The zero-order valence-electron chi connectivity index (χ0n) is 22.4. The SMILES string of the molecule is CNc1nccc(-c2cccnc2Oc2ccc(F)c(C(=O)Nc3cc(Cl)ccc3N(C)C3CCN(C)C3)c2)n1. The number of rotatable bonds is 8. The number of likely N-dealkylation sites (N-methyl/N-ethyl adjacent to an activating group) is 2. The van der Waals surface area contributed by atoms with Gasteiger partial charge in [0.2, 0.25) is 11.8 Å². The number of carbonyl (C=O) groups excluding carboxylic acids is 1. The summed E-state index contributed by atoms with van der Waals surface area (Å²) in [7, 11) is 5.79. The Balaban J connectivity index is 1.40. The van der Waals surface area contributed by atoms with Crippen molar-refractivity contribution >= 4 is 34.8 Å². The Morgan fingerprint density at radius 3 is 2.77 bits per heavy atom. The minimum atomic E-state index is -0.685. The molecule has 11 heteroatoms. The van der Waals surface area contributed by atoms with E-state index in [2.05, 4.69) is 42.4 Å². The first-order valence-electron chi connectivity index (χ1n) is 12.8. The second-order valence-corrected chi connectivity index (χ2v) is 9.98. The number of nitrogens with one attached hydrogen (secondary N) is 2. The maximum atomic E-state index is 14.9. The highest BCUT2D eigenvalue weighted by atomic mass is 35.5. The first-order valence-corrected chi connectivity index (χ1v) is 13.2. The molecule has 0 bridgehead atoms. The van der Waals surface area contributed by atoms with Gasteiger partial charge in [-0.25, -0.2) is 19.3 Å². The van der Waals surface area contributed by atoms with Gasteiger partial charge in [-0.05, 0) is 74.6 Å². The van der Waals surface area contributed by atoms with Gasteiger partial charge in [0.05, 0.1) is 28.2 Å². The standard InChI is InChI=1S/C29H29ClFN7O2/c1-32-29-34-13-10-24(36-29)21-5-4-12-33-28(21)40-20-7-8-23(31)22(16-20)27(39)35-25-15-18(30)6-9-26(25)38(3)19-11-14-37(2)17-19/h4-10,12-13,15-16,19H,11,14,17H2,1-3H3,(H,35,39)(H,32,34,36). The van der Waals surface area contributed by atoms with Gasteiger partial charge in [-0.2, -0.15) is 0 Å². The highest BCUT2D eigenvalue weighted by molar-refractivity contribution is 6.31. The summed E-state index contributed by atoms with van der Waals surface area (Å²) >= 11 is 6.27. The van der Waals surface area contributed by atoms with E-state index in [0.717, 1.165) is 25.2 Å². The van der Waals surface area contributed by atoms with E-state index < -0.39 is 11.7 Å². The molecule has 0 radical (unpaired) electrons. The predicted molar refractivity (Wildman–Crippen MR) is 155 cm³/mol. The molecule has 9 nitrogen and oxygen atoms in total. The maximum Gasteiger partial charge on any atom is 0.258 e. The average molecular weight is 562 g/mol. The monoisotopic (exact) mass is 561 g/mol. The fourth-order valence-corrected chi connectivity index (χ4v) is 4.85. The second-order valence-electron chi connectivity index (χ2n) is 9.55. The summed E-state index contributed by atoms with van der Waals surface area (Å²) in [5.41, 5.74) is 2.32. The molecule has 1 saturated heterocycles. The quantitative estimate of drug-likeness (QED) is 0.289. The summed E-state index contributed by atoms with van der Waals surface area (Å²) in [5, 5.41) is 6.21. The molecule has 3 heterocycles. The van der Waals surface area contributed by atoms with Gasteiger partial charge in [-0.15, -0.1) is 0 Å². The molecule has 0 saturated carbocycles. The summed E-state index contributed by atoms with van der Waals surface area (Å²) in [4.78, 5) is 30.6. The summed E-state index contributed by atoms with van der Waals surface area (Å²) < 4.78 is 20.9. The Kier molecular flexibility index (Phi) is 8.09. The van der Waals surface area contributed by atoms with Crippen LogP contribution in [0.2, 0.25) is 5.02 Å². The molecule has 4 aromatic rings. The number of nitrogens with zero attached hydrogens (tertiary/aromatic N) is 5. The number of pyridine rings is 1. The van der Waals surface area contributed by atoms with Crippen molar-refractivity contribution in [1.82, 2.24) is 19.9 Å². The number of carbonyl (C=O) groups is 1. The van der Waals surface area contributed by atoms with Crippen LogP contribution in [0.5, 0.6) is 11.6 Å². The first-order chi connectivity index (χ1) is 19.3. The number of hydrogen-bond donors (Lipinski definition) is 2. The van der Waals surface area contributed by atoms with Crippen molar-refractivity contribution in [2.45, 2.75) is 12.5 Å². The third-order valence-corrected chi connectivity index (χ3v) is 7.06. The van der Waals surface area contributed by atoms with E-state index >= 15 is 0 Å². The lowest BCUT2D eigenvalue weighted by Crippen LogP contribution is -2.34. The van der Waals surface area contributed by atoms with Crippen molar-refractivity contribution in [3.8, 4) is 22.9 Å². The predicted octanol–water partition coefficient (Wildman–Crippen LogP) is 5.56. The minimum Gasteiger partial charge on any atom is -0.438 e. The first kappa shape index (κ1) is 27.3. The van der Waals surface area contributed by atoms with Gasteiger partial charge in [0.1, 0.15) is 11.6 Å². The molecule has 1 atom stereocenters. The van der Waals surface area contributed by atoms with Crippen LogP contribution in [0.25, 0.3) is 11.3 Å². The van der Waals surface area contributed by atoms with Crippen molar-refractivity contribution in [2.75, 3.05) is 49.8 Å². The number of amides is 1. The normalized spacial score (nSPS) is 15.1. The molecule has 1 amide bonds. The molecule has 40 heavy (non-hydrogen) atoms.